The van der Waals surface area contributed by atoms with E-state index in [1.165, 1.54) is 0 Å². The summed E-state index contributed by atoms with van der Waals surface area (Å²) in [7, 11) is 0. The van der Waals surface area contributed by atoms with Gasteiger partial charge in [-0.25, -0.2) is 0 Å². The fourth-order valence-corrected chi connectivity index (χ4v) is 2.16. The van der Waals surface area contributed by atoms with Crippen LogP contribution in [0.15, 0.2) is 5.11 Å². The number of azide groups is 1. The van der Waals surface area contributed by atoms with Gasteiger partial charge in [-0.2, -0.15) is 0 Å². The van der Waals surface area contributed by atoms with Crippen molar-refractivity contribution in [2.24, 2.45) is 5.11 Å². The first kappa shape index (κ1) is 13.1. The van der Waals surface area contributed by atoms with Crippen LogP contribution in [0.4, 0.5) is 0 Å². The third-order valence-electron chi connectivity index (χ3n) is 2.77. The predicted octanol–water partition coefficient (Wildman–Crippen LogP) is 1.19. The summed E-state index contributed by atoms with van der Waals surface area (Å²) in [6.07, 6.45) is 3.51. The Kier molecular flexibility index (Phi) is 3.76. The first-order chi connectivity index (χ1) is 8.57. The second-order valence-electron chi connectivity index (χ2n) is 4.54. The van der Waals surface area contributed by atoms with Crippen LogP contribution in [-0.4, -0.2) is 43.5 Å². The molecule has 18 heavy (non-hydrogen) atoms. The normalized spacial score (nSPS) is 36.7. The van der Waals surface area contributed by atoms with Gasteiger partial charge in [-0.1, -0.05) is 11.0 Å². The molecule has 2 aliphatic rings. The van der Waals surface area contributed by atoms with Gasteiger partial charge in [0.05, 0.1) is 12.6 Å². The van der Waals surface area contributed by atoms with Gasteiger partial charge in [0.25, 0.3) is 0 Å². The van der Waals surface area contributed by atoms with E-state index in [0.717, 1.165) is 0 Å². The molecule has 7 nitrogen and oxygen atoms in total. The van der Waals surface area contributed by atoms with E-state index < -0.39 is 24.3 Å². The van der Waals surface area contributed by atoms with Crippen LogP contribution in [0.2, 0.25) is 0 Å². The van der Waals surface area contributed by atoms with E-state index in [2.05, 4.69) is 15.9 Å². The smallest absolute Gasteiger partial charge is 0.190 e. The number of hydrogen-bond acceptors (Lipinski definition) is 5. The summed E-state index contributed by atoms with van der Waals surface area (Å²) in [5.41, 5.74) is 8.34. The van der Waals surface area contributed by atoms with Gasteiger partial charge in [0, 0.05) is 4.91 Å². The molecule has 0 saturated carbocycles. The summed E-state index contributed by atoms with van der Waals surface area (Å²) < 4.78 is 22.4. The number of fused-ring (bicyclic) bond motifs is 1. The predicted molar refractivity (Wildman–Crippen MR) is 61.3 cm³/mol. The maximum Gasteiger partial charge on any atom is 0.190 e. The van der Waals surface area contributed by atoms with Crippen molar-refractivity contribution in [2.45, 2.75) is 44.2 Å². The lowest BCUT2D eigenvalue weighted by Crippen LogP contribution is -2.38. The van der Waals surface area contributed by atoms with Gasteiger partial charge >= 0.3 is 0 Å². The molecule has 2 rings (SSSR count). The molecule has 0 aromatic carbocycles. The molecule has 7 heteroatoms. The Bertz CT molecular complexity index is 400. The van der Waals surface area contributed by atoms with Gasteiger partial charge in [0.2, 0.25) is 0 Å². The van der Waals surface area contributed by atoms with E-state index in [1.807, 2.05) is 0 Å². The van der Waals surface area contributed by atoms with Crippen LogP contribution >= 0.6 is 0 Å². The van der Waals surface area contributed by atoms with E-state index in [-0.39, 0.29) is 19.3 Å². The third-order valence-corrected chi connectivity index (χ3v) is 2.77. The Labute approximate surface area is 105 Å². The van der Waals surface area contributed by atoms with E-state index in [0.29, 0.717) is 0 Å². The maximum absolute atomic E-state index is 8.34. The van der Waals surface area contributed by atoms with E-state index in [1.54, 1.807) is 13.8 Å². The van der Waals surface area contributed by atoms with Gasteiger partial charge in [-0.3, -0.25) is 0 Å². The molecule has 2 saturated heterocycles. The van der Waals surface area contributed by atoms with Crippen LogP contribution in [0.5, 0.6) is 0 Å². The highest BCUT2D eigenvalue weighted by atomic mass is 16.8. The highest BCUT2D eigenvalue weighted by Crippen LogP contribution is 2.38. The summed E-state index contributed by atoms with van der Waals surface area (Å²) in [5.74, 6) is 1.68. The molecular formula is C11H15N3O4. The van der Waals surface area contributed by atoms with Gasteiger partial charge in [0.15, 0.2) is 12.1 Å². The maximum atomic E-state index is 8.34. The first-order valence-electron chi connectivity index (χ1n) is 5.64. The summed E-state index contributed by atoms with van der Waals surface area (Å²) in [6.45, 7) is 3.91. The molecule has 2 aliphatic heterocycles. The molecule has 0 aromatic heterocycles. The molecule has 0 N–H and O–H groups in total. The van der Waals surface area contributed by atoms with Crippen molar-refractivity contribution in [3.05, 3.63) is 10.4 Å². The van der Waals surface area contributed by atoms with E-state index in [9.17, 15) is 0 Å². The van der Waals surface area contributed by atoms with Crippen LogP contribution in [0.3, 0.4) is 0 Å². The Morgan fingerprint density at radius 3 is 2.94 bits per heavy atom. The molecular weight excluding hydrogens is 238 g/mol. The van der Waals surface area contributed by atoms with Gasteiger partial charge in [-0.05, 0) is 19.4 Å². The average molecular weight is 253 g/mol. The topological polar surface area (TPSA) is 85.7 Å². The molecule has 0 aromatic rings. The summed E-state index contributed by atoms with van der Waals surface area (Å²) >= 11 is 0. The van der Waals surface area contributed by atoms with Crippen LogP contribution in [-0.2, 0) is 18.9 Å². The zero-order valence-electron chi connectivity index (χ0n) is 10.3. The Morgan fingerprint density at radius 2 is 2.28 bits per heavy atom. The Hall–Kier alpha value is -1.29. The molecule has 2 fully saturated rings. The van der Waals surface area contributed by atoms with Crippen molar-refractivity contribution in [1.82, 2.24) is 0 Å². The number of hydrogen-bond donors (Lipinski definition) is 0. The molecule has 2 heterocycles. The minimum atomic E-state index is -0.712. The molecule has 0 bridgehead atoms. The van der Waals surface area contributed by atoms with Crippen molar-refractivity contribution in [2.75, 3.05) is 13.2 Å². The lowest BCUT2D eigenvalue weighted by atomic mass is 10.1. The Balaban J connectivity index is 2.07. The summed E-state index contributed by atoms with van der Waals surface area (Å²) in [4.78, 5) is 2.70. The number of nitrogens with zero attached hydrogens (tertiary/aromatic N) is 3. The number of rotatable bonds is 4. The molecule has 0 amide bonds. The molecule has 0 radical (unpaired) electrons. The largest absolute Gasteiger partial charge is 0.360 e. The van der Waals surface area contributed by atoms with Crippen LogP contribution in [0, 0.1) is 12.3 Å². The highest BCUT2D eigenvalue weighted by molar-refractivity contribution is 4.96. The Morgan fingerprint density at radius 1 is 1.50 bits per heavy atom. The zero-order valence-corrected chi connectivity index (χ0v) is 10.3. The highest BCUT2D eigenvalue weighted by Gasteiger charge is 2.55. The number of ether oxygens (including phenoxy) is 4. The quantitative estimate of drug-likeness (QED) is 0.326. The molecule has 0 unspecified atom stereocenters. The van der Waals surface area contributed by atoms with Crippen LogP contribution in [0.1, 0.15) is 13.8 Å². The van der Waals surface area contributed by atoms with E-state index >= 15 is 0 Å². The molecule has 98 valence electrons. The zero-order chi connectivity index (χ0) is 13.2. The third kappa shape index (κ3) is 2.58. The van der Waals surface area contributed by atoms with E-state index in [4.69, 9.17) is 30.9 Å². The average Bonchev–Trinajstić information content (AvgIpc) is 2.76. The number of terminal acetylenes is 1. The standard InChI is InChI=1S/C11H15N3O4/c1-4-5-15-8-7(6-13-14-12)16-10-9(8)17-11(2,3)18-10/h1,7-10H,5-6H2,2-3H3/t7-,8-,9-,10-/m1/s1. The van der Waals surface area contributed by atoms with Crippen molar-refractivity contribution < 1.29 is 18.9 Å². The fraction of sp³-hybridized carbons (Fsp3) is 0.818. The molecule has 0 spiro atoms. The first-order valence-corrected chi connectivity index (χ1v) is 5.64. The van der Waals surface area contributed by atoms with Gasteiger partial charge in [-0.15, -0.1) is 6.42 Å². The summed E-state index contributed by atoms with van der Waals surface area (Å²) in [5, 5.41) is 3.49. The minimum absolute atomic E-state index is 0.147. The molecule has 0 aliphatic carbocycles. The second-order valence-corrected chi connectivity index (χ2v) is 4.54. The van der Waals surface area contributed by atoms with Gasteiger partial charge in [0.1, 0.15) is 18.8 Å². The van der Waals surface area contributed by atoms with Gasteiger partial charge < -0.3 is 18.9 Å². The van der Waals surface area contributed by atoms with Crippen molar-refractivity contribution >= 4 is 0 Å². The lowest BCUT2D eigenvalue weighted by molar-refractivity contribution is -0.216. The summed E-state index contributed by atoms with van der Waals surface area (Å²) in [6, 6.07) is 0. The molecule has 4 atom stereocenters. The van der Waals surface area contributed by atoms with Crippen LogP contribution < -0.4 is 0 Å². The van der Waals surface area contributed by atoms with Crippen molar-refractivity contribution in [3.63, 3.8) is 0 Å². The second kappa shape index (κ2) is 5.14. The fourth-order valence-electron chi connectivity index (χ4n) is 2.16. The van der Waals surface area contributed by atoms with Crippen molar-refractivity contribution in [3.8, 4) is 12.3 Å². The monoisotopic (exact) mass is 253 g/mol. The van der Waals surface area contributed by atoms with Crippen LogP contribution in [0.25, 0.3) is 10.4 Å². The lowest BCUT2D eigenvalue weighted by Gasteiger charge is -2.24. The SMILES string of the molecule is C#CCO[C@H]1[C@H]2OC(C)(C)O[C@H]2O[C@@H]1CN=[N+]=[N-]. The van der Waals surface area contributed by atoms with Crippen molar-refractivity contribution in [1.29, 1.82) is 0 Å². The minimum Gasteiger partial charge on any atom is -0.360 e.